The number of thiazole rings is 1. The van der Waals surface area contributed by atoms with Gasteiger partial charge >= 0.3 is 5.91 Å². The highest BCUT2D eigenvalue weighted by Gasteiger charge is 2.48. The zero-order chi connectivity index (χ0) is 28.1. The van der Waals surface area contributed by atoms with E-state index in [1.54, 1.807) is 30.3 Å². The Morgan fingerprint density at radius 2 is 1.95 bits per heavy atom. The first-order valence-electron chi connectivity index (χ1n) is 13.1. The van der Waals surface area contributed by atoms with Crippen molar-refractivity contribution < 1.29 is 28.9 Å². The second-order valence-electron chi connectivity index (χ2n) is 9.94. The van der Waals surface area contributed by atoms with E-state index < -0.39 is 17.7 Å². The Hall–Kier alpha value is -4.37. The molecule has 0 bridgehead atoms. The van der Waals surface area contributed by atoms with Crippen LogP contribution < -0.4 is 19.1 Å². The number of ether oxygens (including phenoxy) is 3. The fourth-order valence-electron chi connectivity index (χ4n) is 5.32. The number of amides is 1. The summed E-state index contributed by atoms with van der Waals surface area (Å²) in [6.45, 7) is 6.28. The average Bonchev–Trinajstić information content (AvgIpc) is 3.60. The number of carbonyl (C=O) groups is 2. The van der Waals surface area contributed by atoms with Crippen molar-refractivity contribution in [3.8, 4) is 17.2 Å². The number of aromatic nitrogens is 1. The highest BCUT2D eigenvalue weighted by Crippen LogP contribution is 2.46. The summed E-state index contributed by atoms with van der Waals surface area (Å²) in [5.74, 6) is -0.0493. The molecule has 1 fully saturated rings. The maximum absolute atomic E-state index is 13.7. The third-order valence-electron chi connectivity index (χ3n) is 7.16. The van der Waals surface area contributed by atoms with Crippen molar-refractivity contribution in [3.05, 3.63) is 82.4 Å². The van der Waals surface area contributed by atoms with Crippen LogP contribution in [0.5, 0.6) is 17.2 Å². The largest absolute Gasteiger partial charge is 0.507 e. The summed E-state index contributed by atoms with van der Waals surface area (Å²) in [5.41, 5.74) is 3.73. The number of nitrogens with zero attached hydrogens (tertiary/aromatic N) is 2. The van der Waals surface area contributed by atoms with E-state index in [-0.39, 0.29) is 17.4 Å². The van der Waals surface area contributed by atoms with E-state index in [1.165, 1.54) is 23.3 Å². The molecule has 3 aromatic carbocycles. The number of aliphatic hydroxyl groups excluding tert-OH is 1. The van der Waals surface area contributed by atoms with E-state index in [0.717, 1.165) is 27.1 Å². The molecule has 40 heavy (non-hydrogen) atoms. The maximum atomic E-state index is 13.7. The topological polar surface area (TPSA) is 98.2 Å². The molecule has 0 radical (unpaired) electrons. The molecule has 9 heteroatoms. The predicted molar refractivity (Wildman–Crippen MR) is 154 cm³/mol. The molecule has 1 aromatic heterocycles. The Kier molecular flexibility index (Phi) is 6.46. The van der Waals surface area contributed by atoms with Gasteiger partial charge in [-0.05, 0) is 79.9 Å². The second kappa shape index (κ2) is 9.98. The number of hydrogen-bond donors (Lipinski definition) is 1. The van der Waals surface area contributed by atoms with Gasteiger partial charge in [0.2, 0.25) is 0 Å². The molecular formula is C31H28N2O6S. The Morgan fingerprint density at radius 3 is 2.73 bits per heavy atom. The average molecular weight is 557 g/mol. The minimum Gasteiger partial charge on any atom is -0.507 e. The molecule has 0 unspecified atom stereocenters. The molecule has 2 aliphatic heterocycles. The van der Waals surface area contributed by atoms with E-state index in [4.69, 9.17) is 19.2 Å². The van der Waals surface area contributed by atoms with Crippen LogP contribution in [0.2, 0.25) is 0 Å². The molecule has 1 N–H and O–H groups in total. The fraction of sp³-hybridized carbons (Fsp3) is 0.258. The highest BCUT2D eigenvalue weighted by molar-refractivity contribution is 7.22. The van der Waals surface area contributed by atoms with Crippen LogP contribution in [-0.2, 0) is 16.0 Å². The van der Waals surface area contributed by atoms with Crippen molar-refractivity contribution in [2.24, 2.45) is 0 Å². The van der Waals surface area contributed by atoms with Crippen molar-refractivity contribution in [1.29, 1.82) is 0 Å². The Bertz CT molecular complexity index is 1710. The first kappa shape index (κ1) is 25.9. The lowest BCUT2D eigenvalue weighted by Crippen LogP contribution is -2.29. The van der Waals surface area contributed by atoms with Crippen LogP contribution in [0, 0.1) is 6.92 Å². The molecule has 0 aliphatic carbocycles. The SMILES string of the molecule is CCOc1ccc([C@@H]2/C(=C(\O)c3ccc4c(c3)C[C@H](C)O4)C(=O)C(=O)N2c2nc3ccc(C)cc3s2)cc1OC. The quantitative estimate of drug-likeness (QED) is 0.178. The summed E-state index contributed by atoms with van der Waals surface area (Å²) in [7, 11) is 1.53. The van der Waals surface area contributed by atoms with Crippen LogP contribution in [0.15, 0.2) is 60.2 Å². The minimum atomic E-state index is -0.935. The first-order chi connectivity index (χ1) is 19.3. The van der Waals surface area contributed by atoms with E-state index in [9.17, 15) is 14.7 Å². The number of fused-ring (bicyclic) bond motifs is 2. The standard InChI is InChI=1S/C31H28N2O6S/c1-5-38-23-11-7-18(15-24(23)37-4)27-26(28(34)19-8-10-22-20(14-19)13-17(3)39-22)29(35)30(36)33(27)31-32-21-9-6-16(2)12-25(21)40-31/h6-12,14-15,17,27,34H,5,13H2,1-4H3/b28-26+/t17-,27+/m0/s1. The normalized spacial score (nSPS) is 19.6. The molecule has 2 atom stereocenters. The molecule has 6 rings (SSSR count). The van der Waals surface area contributed by atoms with Gasteiger partial charge in [0.15, 0.2) is 16.6 Å². The van der Waals surface area contributed by atoms with Gasteiger partial charge in [-0.1, -0.05) is 23.5 Å². The third-order valence-corrected chi connectivity index (χ3v) is 8.17. The summed E-state index contributed by atoms with van der Waals surface area (Å²) in [4.78, 5) is 33.4. The molecule has 2 aliphatic rings. The zero-order valence-corrected chi connectivity index (χ0v) is 23.4. The first-order valence-corrected chi connectivity index (χ1v) is 13.9. The summed E-state index contributed by atoms with van der Waals surface area (Å²) >= 11 is 1.33. The molecule has 4 aromatic rings. The number of anilines is 1. The summed E-state index contributed by atoms with van der Waals surface area (Å²) in [6, 6.07) is 15.5. The van der Waals surface area contributed by atoms with E-state index >= 15 is 0 Å². The third kappa shape index (κ3) is 4.26. The smallest absolute Gasteiger partial charge is 0.301 e. The summed E-state index contributed by atoms with van der Waals surface area (Å²) < 4.78 is 18.0. The molecular weight excluding hydrogens is 528 g/mol. The highest BCUT2D eigenvalue weighted by atomic mass is 32.1. The maximum Gasteiger partial charge on any atom is 0.301 e. The van der Waals surface area contributed by atoms with Gasteiger partial charge in [0.25, 0.3) is 5.78 Å². The lowest BCUT2D eigenvalue weighted by atomic mass is 9.94. The van der Waals surface area contributed by atoms with Gasteiger partial charge in [-0.25, -0.2) is 4.98 Å². The van der Waals surface area contributed by atoms with E-state index in [2.05, 4.69) is 0 Å². The molecule has 1 saturated heterocycles. The van der Waals surface area contributed by atoms with Crippen LogP contribution in [-0.4, -0.2) is 41.6 Å². The van der Waals surface area contributed by atoms with Crippen molar-refractivity contribution in [3.63, 3.8) is 0 Å². The van der Waals surface area contributed by atoms with Crippen LogP contribution in [0.25, 0.3) is 16.0 Å². The fourth-order valence-corrected chi connectivity index (χ4v) is 6.41. The van der Waals surface area contributed by atoms with Crippen LogP contribution in [0.4, 0.5) is 5.13 Å². The number of methoxy groups -OCH3 is 1. The molecule has 1 amide bonds. The van der Waals surface area contributed by atoms with Crippen molar-refractivity contribution >= 4 is 44.1 Å². The number of hydrogen-bond acceptors (Lipinski definition) is 8. The van der Waals surface area contributed by atoms with Crippen molar-refractivity contribution in [2.45, 2.75) is 39.3 Å². The van der Waals surface area contributed by atoms with Gasteiger partial charge in [-0.2, -0.15) is 0 Å². The van der Waals surface area contributed by atoms with Gasteiger partial charge in [-0.15, -0.1) is 0 Å². The summed E-state index contributed by atoms with van der Waals surface area (Å²) in [5, 5.41) is 12.0. The molecule has 0 saturated carbocycles. The molecule has 0 spiro atoms. The number of aryl methyl sites for hydroxylation is 1. The molecule has 8 nitrogen and oxygen atoms in total. The number of Topliss-reactive ketones (excluding diaryl/α,β-unsaturated/α-hetero) is 1. The lowest BCUT2D eigenvalue weighted by Gasteiger charge is -2.24. The van der Waals surface area contributed by atoms with Gasteiger partial charge < -0.3 is 19.3 Å². The zero-order valence-electron chi connectivity index (χ0n) is 22.6. The van der Waals surface area contributed by atoms with Gasteiger partial charge in [0.05, 0.1) is 35.5 Å². The van der Waals surface area contributed by atoms with E-state index in [1.807, 2.05) is 45.0 Å². The Balaban J connectivity index is 1.55. The number of carbonyl (C=O) groups excluding carboxylic acids is 2. The monoisotopic (exact) mass is 556 g/mol. The van der Waals surface area contributed by atoms with Crippen LogP contribution in [0.3, 0.4) is 0 Å². The number of benzene rings is 3. The second-order valence-corrected chi connectivity index (χ2v) is 10.9. The Morgan fingerprint density at radius 1 is 1.12 bits per heavy atom. The number of rotatable bonds is 6. The lowest BCUT2D eigenvalue weighted by molar-refractivity contribution is -0.132. The minimum absolute atomic E-state index is 0.0152. The van der Waals surface area contributed by atoms with Gasteiger partial charge in [0, 0.05) is 12.0 Å². The Labute approximate surface area is 235 Å². The van der Waals surface area contributed by atoms with Gasteiger partial charge in [-0.3, -0.25) is 14.5 Å². The van der Waals surface area contributed by atoms with E-state index in [0.29, 0.717) is 40.8 Å². The molecule has 204 valence electrons. The van der Waals surface area contributed by atoms with Crippen molar-refractivity contribution in [1.82, 2.24) is 4.98 Å². The number of ketones is 1. The van der Waals surface area contributed by atoms with Crippen LogP contribution in [0.1, 0.15) is 42.1 Å². The molecule has 3 heterocycles. The van der Waals surface area contributed by atoms with Crippen molar-refractivity contribution in [2.75, 3.05) is 18.6 Å². The predicted octanol–water partition coefficient (Wildman–Crippen LogP) is 5.96. The van der Waals surface area contributed by atoms with Crippen LogP contribution >= 0.6 is 11.3 Å². The summed E-state index contributed by atoms with van der Waals surface area (Å²) in [6.07, 6.45) is 0.715. The van der Waals surface area contributed by atoms with Gasteiger partial charge in [0.1, 0.15) is 17.6 Å². The number of aliphatic hydroxyl groups is 1.